The topological polar surface area (TPSA) is 50.4 Å². The van der Waals surface area contributed by atoms with Crippen LogP contribution in [0.3, 0.4) is 0 Å². The average Bonchev–Trinajstić information content (AvgIpc) is 2.89. The number of rotatable bonds is 5. The Morgan fingerprint density at radius 2 is 2.32 bits per heavy atom. The van der Waals surface area contributed by atoms with Gasteiger partial charge in [-0.2, -0.15) is 0 Å². The Kier molecular flexibility index (Phi) is 5.48. The maximum absolute atomic E-state index is 11.6. The summed E-state index contributed by atoms with van der Waals surface area (Å²) in [4.78, 5) is 11.6. The number of urea groups is 1. The molecule has 2 amide bonds. The molecule has 0 aliphatic carbocycles. The van der Waals surface area contributed by atoms with Crippen molar-refractivity contribution in [3.05, 3.63) is 34.9 Å². The lowest BCUT2D eigenvalue weighted by Gasteiger charge is -2.11. The van der Waals surface area contributed by atoms with Gasteiger partial charge in [-0.3, -0.25) is 0 Å². The molecule has 0 aromatic heterocycles. The van der Waals surface area contributed by atoms with E-state index in [0.29, 0.717) is 13.1 Å². The van der Waals surface area contributed by atoms with Gasteiger partial charge in [-0.05, 0) is 37.0 Å². The van der Waals surface area contributed by atoms with Crippen LogP contribution in [0.4, 0.5) is 4.79 Å². The van der Waals surface area contributed by atoms with Gasteiger partial charge in [-0.1, -0.05) is 23.7 Å². The van der Waals surface area contributed by atoms with Gasteiger partial charge in [0.15, 0.2) is 0 Å². The SMILES string of the molecule is O=C(NCCc1cccc(Cl)c1)NCC1CCCO1. The van der Waals surface area contributed by atoms with Gasteiger partial charge in [0.25, 0.3) is 0 Å². The third-order valence-electron chi connectivity index (χ3n) is 3.10. The van der Waals surface area contributed by atoms with E-state index in [4.69, 9.17) is 16.3 Å². The summed E-state index contributed by atoms with van der Waals surface area (Å²) in [7, 11) is 0. The van der Waals surface area contributed by atoms with Gasteiger partial charge in [0.1, 0.15) is 0 Å². The minimum atomic E-state index is -0.141. The summed E-state index contributed by atoms with van der Waals surface area (Å²) in [5, 5.41) is 6.37. The number of nitrogens with one attached hydrogen (secondary N) is 2. The third-order valence-corrected chi connectivity index (χ3v) is 3.34. The maximum atomic E-state index is 11.6. The third kappa shape index (κ3) is 5.09. The zero-order valence-electron chi connectivity index (χ0n) is 10.8. The summed E-state index contributed by atoms with van der Waals surface area (Å²) in [5.74, 6) is 0. The highest BCUT2D eigenvalue weighted by Gasteiger charge is 2.15. The van der Waals surface area contributed by atoms with E-state index in [0.717, 1.165) is 36.5 Å². The molecule has 0 saturated carbocycles. The summed E-state index contributed by atoms with van der Waals surface area (Å²) in [5.41, 5.74) is 1.12. The van der Waals surface area contributed by atoms with Crippen molar-refractivity contribution in [2.45, 2.75) is 25.4 Å². The van der Waals surface area contributed by atoms with E-state index >= 15 is 0 Å². The van der Waals surface area contributed by atoms with Crippen molar-refractivity contribution < 1.29 is 9.53 Å². The van der Waals surface area contributed by atoms with E-state index < -0.39 is 0 Å². The van der Waals surface area contributed by atoms with Crippen LogP contribution in [0.1, 0.15) is 18.4 Å². The first-order valence-corrected chi connectivity index (χ1v) is 6.99. The monoisotopic (exact) mass is 282 g/mol. The van der Waals surface area contributed by atoms with Crippen LogP contribution >= 0.6 is 11.6 Å². The van der Waals surface area contributed by atoms with Crippen LogP contribution in [0.2, 0.25) is 5.02 Å². The first-order chi connectivity index (χ1) is 9.24. The van der Waals surface area contributed by atoms with Crippen molar-refractivity contribution in [3.8, 4) is 0 Å². The lowest BCUT2D eigenvalue weighted by atomic mass is 10.1. The summed E-state index contributed by atoms with van der Waals surface area (Å²) < 4.78 is 5.43. The van der Waals surface area contributed by atoms with Gasteiger partial charge < -0.3 is 15.4 Å². The Labute approximate surface area is 118 Å². The second kappa shape index (κ2) is 7.36. The van der Waals surface area contributed by atoms with E-state index in [9.17, 15) is 4.79 Å². The summed E-state index contributed by atoms with van der Waals surface area (Å²) >= 11 is 5.90. The van der Waals surface area contributed by atoms with Gasteiger partial charge in [-0.15, -0.1) is 0 Å². The van der Waals surface area contributed by atoms with Gasteiger partial charge in [0.05, 0.1) is 6.10 Å². The number of benzene rings is 1. The molecule has 1 saturated heterocycles. The molecule has 1 atom stereocenters. The molecule has 1 aliphatic rings. The Hall–Kier alpha value is -1.26. The van der Waals surface area contributed by atoms with Crippen LogP contribution in [0.5, 0.6) is 0 Å². The average molecular weight is 283 g/mol. The minimum absolute atomic E-state index is 0.141. The number of carbonyl (C=O) groups is 1. The number of carbonyl (C=O) groups excluding carboxylic acids is 1. The molecule has 1 aromatic rings. The highest BCUT2D eigenvalue weighted by molar-refractivity contribution is 6.30. The number of amides is 2. The minimum Gasteiger partial charge on any atom is -0.376 e. The van der Waals surface area contributed by atoms with Crippen LogP contribution < -0.4 is 10.6 Å². The lowest BCUT2D eigenvalue weighted by Crippen LogP contribution is -2.40. The maximum Gasteiger partial charge on any atom is 0.314 e. The van der Waals surface area contributed by atoms with Gasteiger partial charge >= 0.3 is 6.03 Å². The Bertz CT molecular complexity index is 420. The van der Waals surface area contributed by atoms with Crippen LogP contribution in [0, 0.1) is 0 Å². The molecule has 1 unspecified atom stereocenters. The molecule has 1 aliphatic heterocycles. The Morgan fingerprint density at radius 3 is 3.05 bits per heavy atom. The molecule has 0 bridgehead atoms. The molecule has 1 fully saturated rings. The highest BCUT2D eigenvalue weighted by atomic mass is 35.5. The molecule has 1 aromatic carbocycles. The quantitative estimate of drug-likeness (QED) is 0.871. The van der Waals surface area contributed by atoms with Gasteiger partial charge in [0, 0.05) is 24.7 Å². The van der Waals surface area contributed by atoms with Crippen molar-refractivity contribution in [2.75, 3.05) is 19.7 Å². The summed E-state index contributed by atoms with van der Waals surface area (Å²) in [6.07, 6.45) is 3.07. The normalized spacial score (nSPS) is 18.3. The van der Waals surface area contributed by atoms with Crippen molar-refractivity contribution in [1.29, 1.82) is 0 Å². The fourth-order valence-corrected chi connectivity index (χ4v) is 2.30. The number of hydrogen-bond donors (Lipinski definition) is 2. The molecular weight excluding hydrogens is 264 g/mol. The van der Waals surface area contributed by atoms with Crippen molar-refractivity contribution >= 4 is 17.6 Å². The van der Waals surface area contributed by atoms with E-state index in [1.807, 2.05) is 24.3 Å². The van der Waals surface area contributed by atoms with Crippen LogP contribution in [-0.4, -0.2) is 31.8 Å². The molecule has 19 heavy (non-hydrogen) atoms. The molecule has 0 radical (unpaired) electrons. The molecule has 2 N–H and O–H groups in total. The number of hydrogen-bond acceptors (Lipinski definition) is 2. The number of ether oxygens (including phenoxy) is 1. The first kappa shape index (κ1) is 14.2. The van der Waals surface area contributed by atoms with E-state index in [-0.39, 0.29) is 12.1 Å². The van der Waals surface area contributed by atoms with Crippen molar-refractivity contribution in [2.24, 2.45) is 0 Å². The lowest BCUT2D eigenvalue weighted by molar-refractivity contribution is 0.111. The van der Waals surface area contributed by atoms with Gasteiger partial charge in [0.2, 0.25) is 0 Å². The Balaban J connectivity index is 1.60. The second-order valence-electron chi connectivity index (χ2n) is 4.65. The Morgan fingerprint density at radius 1 is 1.42 bits per heavy atom. The standard InChI is InChI=1S/C14H19ClN2O2/c15-12-4-1-3-11(9-12)6-7-16-14(18)17-10-13-5-2-8-19-13/h1,3-4,9,13H,2,5-8,10H2,(H2,16,17,18). The van der Waals surface area contributed by atoms with Crippen molar-refractivity contribution in [1.82, 2.24) is 10.6 Å². The van der Waals surface area contributed by atoms with Crippen molar-refractivity contribution in [3.63, 3.8) is 0 Å². The fraction of sp³-hybridized carbons (Fsp3) is 0.500. The zero-order valence-corrected chi connectivity index (χ0v) is 11.6. The predicted molar refractivity (Wildman–Crippen MR) is 75.5 cm³/mol. The van der Waals surface area contributed by atoms with E-state index in [1.54, 1.807) is 0 Å². The van der Waals surface area contributed by atoms with Crippen LogP contribution in [0.25, 0.3) is 0 Å². The summed E-state index contributed by atoms with van der Waals surface area (Å²) in [6.45, 7) is 1.99. The molecule has 0 spiro atoms. The molecular formula is C14H19ClN2O2. The van der Waals surface area contributed by atoms with E-state index in [2.05, 4.69) is 10.6 Å². The molecule has 2 rings (SSSR count). The predicted octanol–water partition coefficient (Wildman–Crippen LogP) is 2.36. The van der Waals surface area contributed by atoms with Crippen LogP contribution in [-0.2, 0) is 11.2 Å². The van der Waals surface area contributed by atoms with Gasteiger partial charge in [-0.25, -0.2) is 4.79 Å². The largest absolute Gasteiger partial charge is 0.376 e. The molecule has 104 valence electrons. The molecule has 1 heterocycles. The van der Waals surface area contributed by atoms with E-state index in [1.165, 1.54) is 0 Å². The second-order valence-corrected chi connectivity index (χ2v) is 5.09. The number of halogens is 1. The zero-order chi connectivity index (χ0) is 13.5. The highest BCUT2D eigenvalue weighted by Crippen LogP contribution is 2.11. The molecule has 4 nitrogen and oxygen atoms in total. The van der Waals surface area contributed by atoms with Crippen LogP contribution in [0.15, 0.2) is 24.3 Å². The molecule has 5 heteroatoms. The fourth-order valence-electron chi connectivity index (χ4n) is 2.09. The smallest absolute Gasteiger partial charge is 0.314 e. The first-order valence-electron chi connectivity index (χ1n) is 6.62. The summed E-state index contributed by atoms with van der Waals surface area (Å²) in [6, 6.07) is 7.52.